The van der Waals surface area contributed by atoms with Crippen LogP contribution < -0.4 is 5.56 Å². The summed E-state index contributed by atoms with van der Waals surface area (Å²) in [6.07, 6.45) is 7.61. The first kappa shape index (κ1) is 19.2. The van der Waals surface area contributed by atoms with Gasteiger partial charge in [-0.05, 0) is 45.4 Å². The van der Waals surface area contributed by atoms with Crippen molar-refractivity contribution in [2.75, 3.05) is 26.2 Å². The molecule has 3 aliphatic rings. The van der Waals surface area contributed by atoms with E-state index in [0.717, 1.165) is 69.3 Å². The summed E-state index contributed by atoms with van der Waals surface area (Å²) in [5, 5.41) is 0. The van der Waals surface area contributed by atoms with Crippen LogP contribution in [-0.2, 0) is 21.4 Å². The second-order valence-electron chi connectivity index (χ2n) is 8.62. The number of rotatable bonds is 3. The number of aromatic nitrogens is 2. The lowest BCUT2D eigenvalue weighted by atomic mass is 9.77. The quantitative estimate of drug-likeness (QED) is 0.856. The van der Waals surface area contributed by atoms with Gasteiger partial charge in [0, 0.05) is 50.0 Å². The maximum Gasteiger partial charge on any atom is 0.254 e. The fourth-order valence-corrected chi connectivity index (χ4v) is 5.17. The fourth-order valence-electron chi connectivity index (χ4n) is 5.17. The summed E-state index contributed by atoms with van der Waals surface area (Å²) in [6.45, 7) is 4.51. The number of fused-ring (bicyclic) bond motifs is 2. The van der Waals surface area contributed by atoms with Crippen molar-refractivity contribution in [3.63, 3.8) is 0 Å². The Morgan fingerprint density at radius 2 is 1.96 bits per heavy atom. The van der Waals surface area contributed by atoms with Crippen LogP contribution in [0.25, 0.3) is 0 Å². The molecule has 2 saturated heterocycles. The molecule has 2 amide bonds. The second-order valence-corrected chi connectivity index (χ2v) is 8.62. The van der Waals surface area contributed by atoms with Crippen LogP contribution in [0, 0.1) is 6.92 Å². The maximum atomic E-state index is 12.9. The first-order valence-corrected chi connectivity index (χ1v) is 10.6. The molecule has 7 heteroatoms. The standard InChI is InChI=1S/C21H30N4O3/c1-15-22-19-16(20(28)23-15)7-10-21(19)9-5-12-25(14-21)18(27)8-13-24-11-4-2-3-6-17(24)26/h2-14H2,1H3,(H,22,23,28). The van der Waals surface area contributed by atoms with Crippen molar-refractivity contribution in [1.82, 2.24) is 19.8 Å². The molecule has 0 saturated carbocycles. The number of carbonyl (C=O) groups is 2. The first-order chi connectivity index (χ1) is 13.5. The lowest BCUT2D eigenvalue weighted by Gasteiger charge is -2.40. The molecular weight excluding hydrogens is 356 g/mol. The molecule has 1 aliphatic carbocycles. The topological polar surface area (TPSA) is 86.4 Å². The molecule has 0 bridgehead atoms. The summed E-state index contributed by atoms with van der Waals surface area (Å²) in [5.74, 6) is 0.948. The summed E-state index contributed by atoms with van der Waals surface area (Å²) in [4.78, 5) is 48.7. The lowest BCUT2D eigenvalue weighted by molar-refractivity contribution is -0.135. The first-order valence-electron chi connectivity index (χ1n) is 10.6. The highest BCUT2D eigenvalue weighted by molar-refractivity contribution is 5.79. The van der Waals surface area contributed by atoms with Crippen molar-refractivity contribution >= 4 is 11.8 Å². The molecular formula is C21H30N4O3. The zero-order valence-corrected chi connectivity index (χ0v) is 16.8. The van der Waals surface area contributed by atoms with Gasteiger partial charge in [0.05, 0.1) is 5.69 Å². The molecule has 1 atom stereocenters. The van der Waals surface area contributed by atoms with E-state index in [1.54, 1.807) is 0 Å². The number of aryl methyl sites for hydroxylation is 1. The van der Waals surface area contributed by atoms with Gasteiger partial charge in [0.15, 0.2) is 0 Å². The van der Waals surface area contributed by atoms with Crippen LogP contribution in [0.4, 0.5) is 0 Å². The number of carbonyl (C=O) groups excluding carboxylic acids is 2. The van der Waals surface area contributed by atoms with Gasteiger partial charge in [-0.25, -0.2) is 4.98 Å². The van der Waals surface area contributed by atoms with Gasteiger partial charge >= 0.3 is 0 Å². The molecule has 4 rings (SSSR count). The average molecular weight is 386 g/mol. The van der Waals surface area contributed by atoms with Crippen molar-refractivity contribution < 1.29 is 9.59 Å². The lowest BCUT2D eigenvalue weighted by Crippen LogP contribution is -2.48. The average Bonchev–Trinajstić information content (AvgIpc) is 2.87. The third-order valence-corrected chi connectivity index (χ3v) is 6.69. The van der Waals surface area contributed by atoms with Crippen molar-refractivity contribution in [2.45, 2.75) is 70.1 Å². The van der Waals surface area contributed by atoms with E-state index in [1.807, 2.05) is 16.7 Å². The van der Waals surface area contributed by atoms with Gasteiger partial charge in [0.2, 0.25) is 11.8 Å². The highest BCUT2D eigenvalue weighted by Gasteiger charge is 2.45. The van der Waals surface area contributed by atoms with Crippen LogP contribution in [-0.4, -0.2) is 57.8 Å². The molecule has 1 N–H and O–H groups in total. The zero-order valence-electron chi connectivity index (χ0n) is 16.8. The smallest absolute Gasteiger partial charge is 0.254 e. The van der Waals surface area contributed by atoms with Crippen LogP contribution in [0.2, 0.25) is 0 Å². The van der Waals surface area contributed by atoms with Crippen LogP contribution in [0.1, 0.15) is 68.4 Å². The van der Waals surface area contributed by atoms with E-state index >= 15 is 0 Å². The predicted octanol–water partition coefficient (Wildman–Crippen LogP) is 1.68. The molecule has 3 heterocycles. The van der Waals surface area contributed by atoms with Crippen LogP contribution in [0.5, 0.6) is 0 Å². The molecule has 28 heavy (non-hydrogen) atoms. The van der Waals surface area contributed by atoms with E-state index in [0.29, 0.717) is 31.8 Å². The number of piperidine rings is 1. The van der Waals surface area contributed by atoms with Crippen LogP contribution in [0.15, 0.2) is 4.79 Å². The number of aromatic amines is 1. The molecule has 2 aliphatic heterocycles. The van der Waals surface area contributed by atoms with Gasteiger partial charge in [-0.3, -0.25) is 14.4 Å². The highest BCUT2D eigenvalue weighted by atomic mass is 16.2. The molecule has 7 nitrogen and oxygen atoms in total. The number of hydrogen-bond donors (Lipinski definition) is 1. The Bertz CT molecular complexity index is 833. The number of hydrogen-bond acceptors (Lipinski definition) is 4. The summed E-state index contributed by atoms with van der Waals surface area (Å²) in [6, 6.07) is 0. The monoisotopic (exact) mass is 386 g/mol. The van der Waals surface area contributed by atoms with E-state index in [2.05, 4.69) is 9.97 Å². The van der Waals surface area contributed by atoms with E-state index in [-0.39, 0.29) is 22.8 Å². The van der Waals surface area contributed by atoms with Crippen molar-refractivity contribution in [2.24, 2.45) is 0 Å². The van der Waals surface area contributed by atoms with E-state index < -0.39 is 0 Å². The Balaban J connectivity index is 1.44. The van der Waals surface area contributed by atoms with Crippen LogP contribution >= 0.6 is 0 Å². The van der Waals surface area contributed by atoms with Crippen LogP contribution in [0.3, 0.4) is 0 Å². The molecule has 152 valence electrons. The molecule has 1 unspecified atom stereocenters. The number of amides is 2. The van der Waals surface area contributed by atoms with E-state index in [4.69, 9.17) is 0 Å². The molecule has 2 fully saturated rings. The summed E-state index contributed by atoms with van der Waals surface area (Å²) in [7, 11) is 0. The largest absolute Gasteiger partial charge is 0.342 e. The summed E-state index contributed by atoms with van der Waals surface area (Å²) in [5.41, 5.74) is 1.51. The Hall–Kier alpha value is -2.18. The number of H-pyrrole nitrogens is 1. The van der Waals surface area contributed by atoms with Crippen molar-refractivity contribution in [3.05, 3.63) is 27.4 Å². The Kier molecular flexibility index (Phi) is 5.25. The highest BCUT2D eigenvalue weighted by Crippen LogP contribution is 2.43. The third-order valence-electron chi connectivity index (χ3n) is 6.69. The van der Waals surface area contributed by atoms with E-state index in [1.165, 1.54) is 0 Å². The van der Waals surface area contributed by atoms with Gasteiger partial charge in [0.25, 0.3) is 5.56 Å². The molecule has 0 radical (unpaired) electrons. The third kappa shape index (κ3) is 3.59. The minimum atomic E-state index is -0.180. The fraction of sp³-hybridized carbons (Fsp3) is 0.714. The normalized spacial score (nSPS) is 25.1. The van der Waals surface area contributed by atoms with Gasteiger partial charge < -0.3 is 14.8 Å². The molecule has 1 aromatic heterocycles. The number of nitrogens with one attached hydrogen (secondary N) is 1. The van der Waals surface area contributed by atoms with E-state index in [9.17, 15) is 14.4 Å². The van der Waals surface area contributed by atoms with Gasteiger partial charge in [-0.15, -0.1) is 0 Å². The molecule has 1 aromatic rings. The SMILES string of the molecule is Cc1nc2c(c(=O)[nH]1)CCC21CCCN(C(=O)CCN2CCCCCC2=O)C1. The Morgan fingerprint density at radius 1 is 1.11 bits per heavy atom. The van der Waals surface area contributed by atoms with Crippen molar-refractivity contribution in [1.29, 1.82) is 0 Å². The van der Waals surface area contributed by atoms with Gasteiger partial charge in [0.1, 0.15) is 5.82 Å². The number of likely N-dealkylation sites (tertiary alicyclic amines) is 2. The second kappa shape index (κ2) is 7.68. The van der Waals surface area contributed by atoms with Crippen molar-refractivity contribution in [3.8, 4) is 0 Å². The minimum Gasteiger partial charge on any atom is -0.342 e. The molecule has 0 aromatic carbocycles. The zero-order chi connectivity index (χ0) is 19.7. The maximum absolute atomic E-state index is 12.9. The summed E-state index contributed by atoms with van der Waals surface area (Å²) >= 11 is 0. The summed E-state index contributed by atoms with van der Waals surface area (Å²) < 4.78 is 0. The Morgan fingerprint density at radius 3 is 2.82 bits per heavy atom. The minimum absolute atomic E-state index is 0.0255. The molecule has 1 spiro atoms. The predicted molar refractivity (Wildman–Crippen MR) is 105 cm³/mol. The Labute approximate surface area is 165 Å². The number of nitrogens with zero attached hydrogens (tertiary/aromatic N) is 3. The van der Waals surface area contributed by atoms with Gasteiger partial charge in [-0.1, -0.05) is 6.42 Å². The van der Waals surface area contributed by atoms with Gasteiger partial charge in [-0.2, -0.15) is 0 Å².